The lowest BCUT2D eigenvalue weighted by atomic mass is 10.1. The summed E-state index contributed by atoms with van der Waals surface area (Å²) in [6, 6.07) is 1.96. The van der Waals surface area contributed by atoms with Crippen LogP contribution in [0.2, 0.25) is 10.0 Å². The van der Waals surface area contributed by atoms with Crippen molar-refractivity contribution in [3.8, 4) is 16.9 Å². The van der Waals surface area contributed by atoms with Crippen molar-refractivity contribution < 1.29 is 20.1 Å². The molecule has 3 N–H and O–H groups in total. The molecular formula is C21H22Cl2FN5O. The van der Waals surface area contributed by atoms with Crippen molar-refractivity contribution in [1.82, 2.24) is 20.1 Å². The van der Waals surface area contributed by atoms with Gasteiger partial charge in [-0.3, -0.25) is 4.68 Å². The van der Waals surface area contributed by atoms with Crippen LogP contribution in [-0.2, 0) is 0 Å². The molecule has 1 aromatic carbocycles. The number of nitrogens with zero attached hydrogens (tertiary/aromatic N) is 3. The molecule has 3 aromatic rings. The largest absolute Gasteiger partial charge is 0.482 e. The molecule has 3 heterocycles. The van der Waals surface area contributed by atoms with Gasteiger partial charge < -0.3 is 15.8 Å². The van der Waals surface area contributed by atoms with Crippen molar-refractivity contribution in [3.63, 3.8) is 0 Å². The number of nitrogens with one attached hydrogen (secondary N) is 1. The number of ether oxygens (including phenoxy) is 1. The van der Waals surface area contributed by atoms with E-state index in [0.29, 0.717) is 11.1 Å². The van der Waals surface area contributed by atoms with Crippen LogP contribution in [0.5, 0.6) is 5.75 Å². The molecule has 0 aliphatic carbocycles. The van der Waals surface area contributed by atoms with E-state index in [4.69, 9.17) is 44.6 Å². The van der Waals surface area contributed by atoms with E-state index in [-0.39, 0.29) is 27.2 Å². The van der Waals surface area contributed by atoms with Crippen LogP contribution in [0.25, 0.3) is 11.1 Å². The summed E-state index contributed by atoms with van der Waals surface area (Å²) in [5.74, 6) is -0.608. The van der Waals surface area contributed by atoms with E-state index in [0.717, 1.165) is 10.7 Å². The van der Waals surface area contributed by atoms with Crippen LogP contribution in [0.3, 0.4) is 0 Å². The van der Waals surface area contributed by atoms with E-state index in [9.17, 15) is 4.39 Å². The van der Waals surface area contributed by atoms with Gasteiger partial charge in [-0.05, 0) is 50.9 Å². The highest BCUT2D eigenvalue weighted by Gasteiger charge is 2.21. The van der Waals surface area contributed by atoms with Crippen LogP contribution in [0.1, 0.15) is 48.3 Å². The van der Waals surface area contributed by atoms with Crippen molar-refractivity contribution >= 4 is 29.0 Å². The maximum absolute atomic E-state index is 14.0. The Morgan fingerprint density at radius 3 is 2.83 bits per heavy atom. The maximum atomic E-state index is 14.0. The standard InChI is InChI=1S/C21H22Cl2FN5O/c1-12(19-16(22)2-3-17(24)20(19)23)30-18-8-13(9-27-21(18)25)14-10-28-29(11-14)15-4-6-26-7-5-15/h2-3,8-12,15,26H,4-7H2,1H3,(H2,25,27)/t12-/m1/s1/i4D2,5D2,6D2,7D2. The average Bonchev–Trinajstić information content (AvgIpc) is 3.25. The number of benzene rings is 1. The van der Waals surface area contributed by atoms with Crippen LogP contribution < -0.4 is 15.8 Å². The van der Waals surface area contributed by atoms with Crippen molar-refractivity contribution in [2.45, 2.75) is 31.8 Å². The lowest BCUT2D eigenvalue weighted by Gasteiger charge is -2.22. The Hall–Kier alpha value is -2.35. The van der Waals surface area contributed by atoms with Crippen molar-refractivity contribution in [2.75, 3.05) is 18.7 Å². The molecule has 4 rings (SSSR count). The molecule has 1 saturated heterocycles. The first-order valence-corrected chi connectivity index (χ1v) is 9.56. The number of nitrogen functional groups attached to an aromatic ring is 1. The van der Waals surface area contributed by atoms with Gasteiger partial charge in [-0.25, -0.2) is 9.37 Å². The van der Waals surface area contributed by atoms with Gasteiger partial charge in [0.2, 0.25) is 0 Å². The molecule has 1 aliphatic rings. The highest BCUT2D eigenvalue weighted by molar-refractivity contribution is 6.36. The first-order valence-electron chi connectivity index (χ1n) is 12.8. The quantitative estimate of drug-likeness (QED) is 0.524. The number of rotatable bonds is 5. The van der Waals surface area contributed by atoms with Gasteiger partial charge in [-0.2, -0.15) is 5.10 Å². The summed E-state index contributed by atoms with van der Waals surface area (Å²) in [5, 5.41) is 5.80. The molecule has 0 unspecified atom stereocenters. The summed E-state index contributed by atoms with van der Waals surface area (Å²) in [7, 11) is 0. The van der Waals surface area contributed by atoms with Gasteiger partial charge in [0.15, 0.2) is 11.6 Å². The van der Waals surface area contributed by atoms with Gasteiger partial charge in [0.25, 0.3) is 0 Å². The molecule has 0 saturated carbocycles. The molecule has 0 spiro atoms. The molecule has 158 valence electrons. The fourth-order valence-electron chi connectivity index (χ4n) is 2.91. The van der Waals surface area contributed by atoms with E-state index < -0.39 is 43.7 Å². The molecule has 0 bridgehead atoms. The first kappa shape index (κ1) is 13.1. The maximum Gasteiger partial charge on any atom is 0.166 e. The van der Waals surface area contributed by atoms with Crippen LogP contribution in [0, 0.1) is 5.82 Å². The van der Waals surface area contributed by atoms with Gasteiger partial charge in [-0.15, -0.1) is 0 Å². The number of halogens is 3. The highest BCUT2D eigenvalue weighted by Crippen LogP contribution is 2.37. The molecule has 2 aromatic heterocycles. The zero-order valence-electron chi connectivity index (χ0n) is 23.6. The third-order valence-electron chi connectivity index (χ3n) is 4.41. The van der Waals surface area contributed by atoms with E-state index in [1.807, 2.05) is 0 Å². The van der Waals surface area contributed by atoms with Crippen LogP contribution in [0.15, 0.2) is 36.8 Å². The summed E-state index contributed by atoms with van der Waals surface area (Å²) in [6.45, 7) is -4.25. The number of piperidine rings is 1. The number of nitrogens with two attached hydrogens (primary N) is 1. The van der Waals surface area contributed by atoms with Crippen LogP contribution in [-0.4, -0.2) is 27.8 Å². The van der Waals surface area contributed by atoms with Crippen molar-refractivity contribution in [2.24, 2.45) is 0 Å². The minimum Gasteiger partial charge on any atom is -0.482 e. The van der Waals surface area contributed by atoms with Crippen molar-refractivity contribution in [1.29, 1.82) is 0 Å². The molecule has 1 atom stereocenters. The Bertz CT molecular complexity index is 1360. The average molecular weight is 458 g/mol. The molecule has 6 nitrogen and oxygen atoms in total. The SMILES string of the molecule is [2H]C1([2H])NC([2H])([2H])C([2H])([2H])C(n2cc(-c3cnc(N)c(O[C@H](C)c4c(Cl)ccc(F)c4Cl)c3)cn2)C1([2H])[2H]. The summed E-state index contributed by atoms with van der Waals surface area (Å²) >= 11 is 12.3. The number of aromatic nitrogens is 3. The third kappa shape index (κ3) is 4.24. The van der Waals surface area contributed by atoms with Crippen LogP contribution in [0.4, 0.5) is 10.2 Å². The van der Waals surface area contributed by atoms with E-state index >= 15 is 0 Å². The predicted molar refractivity (Wildman–Crippen MR) is 116 cm³/mol. The van der Waals surface area contributed by atoms with Gasteiger partial charge in [-0.1, -0.05) is 23.2 Å². The Kier molecular flexibility index (Phi) is 3.85. The monoisotopic (exact) mass is 457 g/mol. The van der Waals surface area contributed by atoms with Crippen molar-refractivity contribution in [3.05, 3.63) is 58.2 Å². The Labute approximate surface area is 195 Å². The second-order valence-corrected chi connectivity index (χ2v) is 7.18. The smallest absolute Gasteiger partial charge is 0.166 e. The van der Waals surface area contributed by atoms with E-state index in [1.165, 1.54) is 30.7 Å². The fraction of sp³-hybridized carbons (Fsp3) is 0.333. The molecule has 9 heteroatoms. The minimum absolute atomic E-state index is 0.0101. The highest BCUT2D eigenvalue weighted by atomic mass is 35.5. The Morgan fingerprint density at radius 2 is 2.07 bits per heavy atom. The van der Waals surface area contributed by atoms with Gasteiger partial charge in [0.05, 0.1) is 17.3 Å². The fourth-order valence-corrected chi connectivity index (χ4v) is 3.59. The van der Waals surface area contributed by atoms with Gasteiger partial charge >= 0.3 is 0 Å². The van der Waals surface area contributed by atoms with E-state index in [2.05, 4.69) is 10.1 Å². The summed E-state index contributed by atoms with van der Waals surface area (Å²) in [4.78, 5) is 4.09. The number of anilines is 1. The van der Waals surface area contributed by atoms with Crippen LogP contribution >= 0.6 is 23.2 Å². The number of hydrogen-bond donors (Lipinski definition) is 2. The third-order valence-corrected chi connectivity index (χ3v) is 5.13. The molecule has 0 radical (unpaired) electrons. The van der Waals surface area contributed by atoms with Gasteiger partial charge in [0.1, 0.15) is 11.9 Å². The van der Waals surface area contributed by atoms with E-state index in [1.54, 1.807) is 12.2 Å². The normalized spacial score (nSPS) is 26.5. The molecule has 0 amide bonds. The molecule has 30 heavy (non-hydrogen) atoms. The Morgan fingerprint density at radius 1 is 1.30 bits per heavy atom. The second-order valence-electron chi connectivity index (χ2n) is 6.40. The summed E-state index contributed by atoms with van der Waals surface area (Å²) in [5.41, 5.74) is 6.84. The zero-order valence-corrected chi connectivity index (χ0v) is 17.1. The topological polar surface area (TPSA) is 78.0 Å². The van der Waals surface area contributed by atoms with Gasteiger partial charge in [0, 0.05) is 45.1 Å². The Balaban J connectivity index is 1.70. The lowest BCUT2D eigenvalue weighted by molar-refractivity contribution is 0.227. The molecule has 1 fully saturated rings. The lowest BCUT2D eigenvalue weighted by Crippen LogP contribution is -2.29. The number of hydrogen-bond acceptors (Lipinski definition) is 5. The summed E-state index contributed by atoms with van der Waals surface area (Å²) in [6.07, 6.45) is -2.78. The predicted octanol–water partition coefficient (Wildman–Crippen LogP) is 5.04. The second kappa shape index (κ2) is 8.79. The summed E-state index contributed by atoms with van der Waals surface area (Å²) < 4.78 is 85.9. The zero-order chi connectivity index (χ0) is 28.4. The molecular weight excluding hydrogens is 428 g/mol. The molecule has 1 aliphatic heterocycles. The number of pyridine rings is 1. The first-order chi connectivity index (χ1) is 17.4. The minimum atomic E-state index is -2.92.